The molecule has 1 aliphatic rings. The molecule has 1 aliphatic carbocycles. The maximum absolute atomic E-state index is 10.2. The smallest absolute Gasteiger partial charge is 0.119 e. The summed E-state index contributed by atoms with van der Waals surface area (Å²) in [5, 5.41) is 13.8. The van der Waals surface area contributed by atoms with Crippen LogP contribution in [0.4, 0.5) is 0 Å². The zero-order valence-electron chi connectivity index (χ0n) is 13.4. The quantitative estimate of drug-likeness (QED) is 0.882. The first-order chi connectivity index (χ1) is 10.8. The normalized spacial score (nSPS) is 17.7. The average Bonchev–Trinajstić information content (AvgIpc) is 2.59. The zero-order chi connectivity index (χ0) is 15.4. The lowest BCUT2D eigenvalue weighted by Gasteiger charge is -2.27. The highest BCUT2D eigenvalue weighted by molar-refractivity contribution is 5.85. The van der Waals surface area contributed by atoms with Gasteiger partial charge in [0.1, 0.15) is 5.75 Å². The van der Waals surface area contributed by atoms with Gasteiger partial charge >= 0.3 is 0 Å². The minimum atomic E-state index is -0.451. The van der Waals surface area contributed by atoms with Crippen molar-refractivity contribution in [2.24, 2.45) is 0 Å². The molecule has 0 aliphatic heterocycles. The van der Waals surface area contributed by atoms with E-state index in [0.29, 0.717) is 12.6 Å². The third kappa shape index (κ3) is 4.47. The van der Waals surface area contributed by atoms with Gasteiger partial charge in [-0.25, -0.2) is 0 Å². The van der Waals surface area contributed by atoms with Crippen LogP contribution in [-0.2, 0) is 12.8 Å². The fraction of sp³-hybridized carbons (Fsp3) is 0.368. The fourth-order valence-electron chi connectivity index (χ4n) is 3.11. The number of aliphatic hydroxyl groups is 1. The molecule has 1 unspecified atom stereocenters. The molecular formula is C19H24ClNO2. The lowest BCUT2D eigenvalue weighted by Crippen LogP contribution is -2.37. The summed E-state index contributed by atoms with van der Waals surface area (Å²) in [6, 6.07) is 16.6. The Labute approximate surface area is 144 Å². The molecule has 0 saturated carbocycles. The molecule has 0 fully saturated rings. The van der Waals surface area contributed by atoms with Crippen LogP contribution in [-0.4, -0.2) is 24.8 Å². The monoisotopic (exact) mass is 333 g/mol. The van der Waals surface area contributed by atoms with Gasteiger partial charge in [-0.15, -0.1) is 12.4 Å². The minimum Gasteiger partial charge on any atom is -0.497 e. The number of methoxy groups -OCH3 is 1. The molecule has 2 atom stereocenters. The van der Waals surface area contributed by atoms with E-state index in [0.717, 1.165) is 30.6 Å². The summed E-state index contributed by atoms with van der Waals surface area (Å²) >= 11 is 0. The number of aliphatic hydroxyl groups excluding tert-OH is 1. The molecule has 0 spiro atoms. The first-order valence-corrected chi connectivity index (χ1v) is 7.88. The second-order valence-corrected chi connectivity index (χ2v) is 5.91. The number of hydrogen-bond donors (Lipinski definition) is 2. The Morgan fingerprint density at radius 1 is 1.17 bits per heavy atom. The highest BCUT2D eigenvalue weighted by Gasteiger charge is 2.19. The predicted octanol–water partition coefficient (Wildman–Crippen LogP) is 3.30. The summed E-state index contributed by atoms with van der Waals surface area (Å²) in [6.45, 7) is 0.591. The Kier molecular flexibility index (Phi) is 6.46. The third-order valence-electron chi connectivity index (χ3n) is 4.43. The molecule has 23 heavy (non-hydrogen) atoms. The van der Waals surface area contributed by atoms with Crippen LogP contribution in [0.1, 0.15) is 29.2 Å². The number of benzene rings is 2. The highest BCUT2D eigenvalue weighted by atomic mass is 35.5. The second kappa shape index (κ2) is 8.34. The molecule has 124 valence electrons. The van der Waals surface area contributed by atoms with Gasteiger partial charge in [-0.3, -0.25) is 0 Å². The van der Waals surface area contributed by atoms with Gasteiger partial charge < -0.3 is 15.2 Å². The van der Waals surface area contributed by atoms with Crippen molar-refractivity contribution in [3.63, 3.8) is 0 Å². The van der Waals surface area contributed by atoms with E-state index in [1.54, 1.807) is 7.11 Å². The topological polar surface area (TPSA) is 41.5 Å². The molecule has 2 aromatic rings. The van der Waals surface area contributed by atoms with E-state index in [4.69, 9.17) is 4.74 Å². The summed E-state index contributed by atoms with van der Waals surface area (Å²) in [4.78, 5) is 0. The number of nitrogens with one attached hydrogen (secondary N) is 1. The number of halogens is 1. The number of hydrogen-bond acceptors (Lipinski definition) is 3. The fourth-order valence-corrected chi connectivity index (χ4v) is 3.11. The van der Waals surface area contributed by atoms with Gasteiger partial charge in [-0.05, 0) is 48.1 Å². The van der Waals surface area contributed by atoms with E-state index in [1.165, 1.54) is 11.1 Å². The Balaban J connectivity index is 0.00000192. The number of ether oxygens (including phenoxy) is 1. The van der Waals surface area contributed by atoms with Crippen molar-refractivity contribution in [1.82, 2.24) is 5.32 Å². The Morgan fingerprint density at radius 3 is 2.70 bits per heavy atom. The van der Waals surface area contributed by atoms with Crippen molar-refractivity contribution in [3.05, 3.63) is 65.2 Å². The van der Waals surface area contributed by atoms with Gasteiger partial charge in [0.2, 0.25) is 0 Å². The molecule has 0 heterocycles. The van der Waals surface area contributed by atoms with Gasteiger partial charge in [0, 0.05) is 12.6 Å². The lowest BCUT2D eigenvalue weighted by atomic mass is 9.88. The van der Waals surface area contributed by atoms with Crippen molar-refractivity contribution in [3.8, 4) is 5.75 Å². The molecule has 0 aromatic heterocycles. The zero-order valence-corrected chi connectivity index (χ0v) is 14.2. The lowest BCUT2D eigenvalue weighted by molar-refractivity contribution is 0.168. The third-order valence-corrected chi connectivity index (χ3v) is 4.43. The van der Waals surface area contributed by atoms with Crippen molar-refractivity contribution >= 4 is 12.4 Å². The van der Waals surface area contributed by atoms with Gasteiger partial charge in [0.15, 0.2) is 0 Å². The number of aryl methyl sites for hydroxylation is 1. The molecule has 3 nitrogen and oxygen atoms in total. The minimum absolute atomic E-state index is 0. The van der Waals surface area contributed by atoms with E-state index in [1.807, 2.05) is 36.4 Å². The van der Waals surface area contributed by atoms with Gasteiger partial charge in [0.05, 0.1) is 13.2 Å². The highest BCUT2D eigenvalue weighted by Crippen LogP contribution is 2.25. The van der Waals surface area contributed by atoms with Crippen LogP contribution >= 0.6 is 12.4 Å². The van der Waals surface area contributed by atoms with Gasteiger partial charge in [-0.2, -0.15) is 0 Å². The Morgan fingerprint density at radius 2 is 1.96 bits per heavy atom. The maximum Gasteiger partial charge on any atom is 0.119 e. The standard InChI is InChI=1S/C19H23NO2.ClH/c1-22-18-10-8-14-7-9-17(11-16(14)12-18)20-13-19(21)15-5-3-2-4-6-15;/h2-6,8,10,12,17,19-21H,7,9,11,13H2,1H3;1H/t17?,19-;/m1./s1. The van der Waals surface area contributed by atoms with Crippen LogP contribution < -0.4 is 10.1 Å². The van der Waals surface area contributed by atoms with Crippen molar-refractivity contribution < 1.29 is 9.84 Å². The molecule has 2 aromatic carbocycles. The molecule has 0 amide bonds. The molecule has 0 saturated heterocycles. The van der Waals surface area contributed by atoms with Crippen LogP contribution in [0.15, 0.2) is 48.5 Å². The first kappa shape index (κ1) is 17.8. The van der Waals surface area contributed by atoms with Crippen LogP contribution in [0.3, 0.4) is 0 Å². The van der Waals surface area contributed by atoms with Crippen molar-refractivity contribution in [2.75, 3.05) is 13.7 Å². The molecule has 2 N–H and O–H groups in total. The van der Waals surface area contributed by atoms with E-state index in [-0.39, 0.29) is 12.4 Å². The van der Waals surface area contributed by atoms with E-state index in [9.17, 15) is 5.11 Å². The molecule has 0 radical (unpaired) electrons. The number of rotatable bonds is 5. The van der Waals surface area contributed by atoms with Crippen LogP contribution in [0.2, 0.25) is 0 Å². The van der Waals surface area contributed by atoms with Crippen LogP contribution in [0, 0.1) is 0 Å². The average molecular weight is 334 g/mol. The number of fused-ring (bicyclic) bond motifs is 1. The van der Waals surface area contributed by atoms with E-state index < -0.39 is 6.10 Å². The summed E-state index contributed by atoms with van der Waals surface area (Å²) in [6.07, 6.45) is 2.74. The summed E-state index contributed by atoms with van der Waals surface area (Å²) in [7, 11) is 1.70. The van der Waals surface area contributed by atoms with Gasteiger partial charge in [-0.1, -0.05) is 36.4 Å². The molecule has 0 bridgehead atoms. The summed E-state index contributed by atoms with van der Waals surface area (Å²) in [5.41, 5.74) is 3.74. The van der Waals surface area contributed by atoms with Crippen molar-refractivity contribution in [2.45, 2.75) is 31.4 Å². The van der Waals surface area contributed by atoms with Gasteiger partial charge in [0.25, 0.3) is 0 Å². The molecule has 4 heteroatoms. The summed E-state index contributed by atoms with van der Waals surface area (Å²) in [5.74, 6) is 0.920. The first-order valence-electron chi connectivity index (χ1n) is 7.88. The molecular weight excluding hydrogens is 310 g/mol. The largest absolute Gasteiger partial charge is 0.497 e. The summed E-state index contributed by atoms with van der Waals surface area (Å²) < 4.78 is 5.31. The maximum atomic E-state index is 10.2. The second-order valence-electron chi connectivity index (χ2n) is 5.91. The van der Waals surface area contributed by atoms with Crippen molar-refractivity contribution in [1.29, 1.82) is 0 Å². The Hall–Kier alpha value is -1.55. The van der Waals surface area contributed by atoms with Crippen LogP contribution in [0.25, 0.3) is 0 Å². The van der Waals surface area contributed by atoms with Crippen LogP contribution in [0.5, 0.6) is 5.75 Å². The predicted molar refractivity (Wildman–Crippen MR) is 95.5 cm³/mol. The SMILES string of the molecule is COc1ccc2c(c1)CC(NC[C@@H](O)c1ccccc1)CC2.Cl. The van der Waals surface area contributed by atoms with E-state index in [2.05, 4.69) is 17.4 Å². The Bertz CT molecular complexity index is 618. The molecule has 3 rings (SSSR count). The van der Waals surface area contributed by atoms with E-state index >= 15 is 0 Å².